The number of nitrogens with zero attached hydrogens (tertiary/aromatic N) is 2. The Morgan fingerprint density at radius 3 is 2.54 bits per heavy atom. The molecule has 4 nitrogen and oxygen atoms in total. The quantitative estimate of drug-likeness (QED) is 0.548. The van der Waals surface area contributed by atoms with Crippen LogP contribution in [0.15, 0.2) is 54.6 Å². The van der Waals surface area contributed by atoms with Crippen LogP contribution in [0, 0.1) is 20.8 Å². The maximum absolute atomic E-state index is 12.3. The minimum Gasteiger partial charge on any atom is -0.508 e. The van der Waals surface area contributed by atoms with E-state index in [0.29, 0.717) is 12.1 Å². The molecule has 1 N–H and O–H groups in total. The second kappa shape index (κ2) is 7.40. The number of allylic oxidation sites excluding steroid dienone is 1. The highest BCUT2D eigenvalue weighted by Crippen LogP contribution is 2.18. The van der Waals surface area contributed by atoms with Gasteiger partial charge in [-0.3, -0.25) is 9.48 Å². The molecule has 26 heavy (non-hydrogen) atoms. The van der Waals surface area contributed by atoms with Gasteiger partial charge in [0.1, 0.15) is 5.75 Å². The third kappa shape index (κ3) is 3.91. The van der Waals surface area contributed by atoms with Crippen LogP contribution < -0.4 is 0 Å². The Labute approximate surface area is 153 Å². The third-order valence-electron chi connectivity index (χ3n) is 4.42. The highest BCUT2D eigenvalue weighted by molar-refractivity contribution is 6.07. The van der Waals surface area contributed by atoms with Crippen LogP contribution in [-0.4, -0.2) is 20.7 Å². The number of phenolic OH excluding ortho intramolecular Hbond substituents is 1. The second-order valence-electron chi connectivity index (χ2n) is 6.48. The Morgan fingerprint density at radius 1 is 1.12 bits per heavy atom. The first-order valence-corrected chi connectivity index (χ1v) is 8.55. The lowest BCUT2D eigenvalue weighted by atomic mass is 10.1. The van der Waals surface area contributed by atoms with Crippen LogP contribution in [0.4, 0.5) is 0 Å². The number of carbonyl (C=O) groups excluding carboxylic acids is 1. The lowest BCUT2D eigenvalue weighted by Gasteiger charge is -2.05. The molecule has 1 aromatic heterocycles. The summed E-state index contributed by atoms with van der Waals surface area (Å²) >= 11 is 0. The topological polar surface area (TPSA) is 55.1 Å². The average molecular weight is 346 g/mol. The molecule has 2 aromatic carbocycles. The first-order valence-electron chi connectivity index (χ1n) is 8.55. The van der Waals surface area contributed by atoms with E-state index in [-0.39, 0.29) is 11.5 Å². The van der Waals surface area contributed by atoms with Gasteiger partial charge in [-0.05, 0) is 50.6 Å². The van der Waals surface area contributed by atoms with Crippen molar-refractivity contribution < 1.29 is 9.90 Å². The largest absolute Gasteiger partial charge is 0.508 e. The van der Waals surface area contributed by atoms with Crippen molar-refractivity contribution in [2.45, 2.75) is 27.3 Å². The molecule has 3 aromatic rings. The molecule has 0 radical (unpaired) electrons. The molecule has 0 amide bonds. The fourth-order valence-electron chi connectivity index (χ4n) is 2.89. The molecule has 0 atom stereocenters. The van der Waals surface area contributed by atoms with Crippen LogP contribution in [0.3, 0.4) is 0 Å². The van der Waals surface area contributed by atoms with Crippen molar-refractivity contribution in [3.63, 3.8) is 0 Å². The van der Waals surface area contributed by atoms with Crippen molar-refractivity contribution in [3.05, 3.63) is 88.2 Å². The van der Waals surface area contributed by atoms with Gasteiger partial charge in [-0.15, -0.1) is 0 Å². The van der Waals surface area contributed by atoms with E-state index in [0.717, 1.165) is 17.0 Å². The second-order valence-corrected chi connectivity index (χ2v) is 6.48. The molecule has 0 fully saturated rings. The summed E-state index contributed by atoms with van der Waals surface area (Å²) in [5, 5.41) is 14.1. The number of phenols is 1. The van der Waals surface area contributed by atoms with Gasteiger partial charge >= 0.3 is 0 Å². The molecule has 0 aliphatic carbocycles. The van der Waals surface area contributed by atoms with Gasteiger partial charge in [0.15, 0.2) is 5.78 Å². The number of aromatic hydroxyl groups is 1. The first kappa shape index (κ1) is 17.7. The van der Waals surface area contributed by atoms with E-state index in [1.54, 1.807) is 24.3 Å². The average Bonchev–Trinajstić information content (AvgIpc) is 2.88. The Morgan fingerprint density at radius 2 is 1.85 bits per heavy atom. The molecule has 0 aliphatic heterocycles. The normalized spacial score (nSPS) is 11.2. The molecular formula is C22H22N2O2. The zero-order valence-electron chi connectivity index (χ0n) is 15.2. The molecule has 0 spiro atoms. The molecule has 0 unspecified atom stereocenters. The number of carbonyl (C=O) groups is 1. The SMILES string of the molecule is Cc1ccc(Cn2nc(C)c(/C=C/C(=O)c3cccc(O)c3)c2C)cc1. The van der Waals surface area contributed by atoms with Gasteiger partial charge in [-0.25, -0.2) is 0 Å². The minimum absolute atomic E-state index is 0.0857. The van der Waals surface area contributed by atoms with Gasteiger partial charge in [-0.2, -0.15) is 5.10 Å². The summed E-state index contributed by atoms with van der Waals surface area (Å²) in [6, 6.07) is 14.8. The van der Waals surface area contributed by atoms with E-state index >= 15 is 0 Å². The van der Waals surface area contributed by atoms with Crippen molar-refractivity contribution in [2.75, 3.05) is 0 Å². The molecular weight excluding hydrogens is 324 g/mol. The van der Waals surface area contributed by atoms with Gasteiger partial charge in [0.25, 0.3) is 0 Å². The van der Waals surface area contributed by atoms with Crippen molar-refractivity contribution in [3.8, 4) is 5.75 Å². The zero-order valence-corrected chi connectivity index (χ0v) is 15.2. The molecule has 0 saturated heterocycles. The summed E-state index contributed by atoms with van der Waals surface area (Å²) in [4.78, 5) is 12.3. The van der Waals surface area contributed by atoms with Crippen LogP contribution >= 0.6 is 0 Å². The van der Waals surface area contributed by atoms with Crippen molar-refractivity contribution >= 4 is 11.9 Å². The number of hydrogen-bond acceptors (Lipinski definition) is 3. The Kier molecular flexibility index (Phi) is 5.03. The van der Waals surface area contributed by atoms with E-state index in [2.05, 4.69) is 36.3 Å². The Bertz CT molecular complexity index is 966. The van der Waals surface area contributed by atoms with Crippen LogP contribution in [0.1, 0.15) is 38.4 Å². The van der Waals surface area contributed by atoms with E-state index in [4.69, 9.17) is 0 Å². The molecule has 4 heteroatoms. The monoisotopic (exact) mass is 346 g/mol. The van der Waals surface area contributed by atoms with Crippen LogP contribution in [0.2, 0.25) is 0 Å². The van der Waals surface area contributed by atoms with Gasteiger partial charge in [0, 0.05) is 16.8 Å². The molecule has 0 aliphatic rings. The minimum atomic E-state index is -0.147. The molecule has 0 bridgehead atoms. The number of hydrogen-bond donors (Lipinski definition) is 1. The van der Waals surface area contributed by atoms with Crippen LogP contribution in [0.25, 0.3) is 6.08 Å². The van der Waals surface area contributed by atoms with E-state index < -0.39 is 0 Å². The number of aromatic nitrogens is 2. The smallest absolute Gasteiger partial charge is 0.185 e. The maximum atomic E-state index is 12.3. The summed E-state index contributed by atoms with van der Waals surface area (Å²) < 4.78 is 1.96. The fraction of sp³-hybridized carbons (Fsp3) is 0.182. The lowest BCUT2D eigenvalue weighted by molar-refractivity contribution is 0.104. The molecule has 132 valence electrons. The summed E-state index contributed by atoms with van der Waals surface area (Å²) in [5.74, 6) is -0.0616. The molecule has 1 heterocycles. The highest BCUT2D eigenvalue weighted by Gasteiger charge is 2.10. The first-order chi connectivity index (χ1) is 12.4. The van der Waals surface area contributed by atoms with Crippen molar-refractivity contribution in [1.29, 1.82) is 0 Å². The maximum Gasteiger partial charge on any atom is 0.185 e. The number of benzene rings is 2. The highest BCUT2D eigenvalue weighted by atomic mass is 16.3. The predicted molar refractivity (Wildman–Crippen MR) is 103 cm³/mol. The number of aryl methyl sites for hydroxylation is 2. The summed E-state index contributed by atoms with van der Waals surface area (Å²) in [6.07, 6.45) is 3.33. The van der Waals surface area contributed by atoms with E-state index in [1.807, 2.05) is 18.5 Å². The fourth-order valence-corrected chi connectivity index (χ4v) is 2.89. The van der Waals surface area contributed by atoms with E-state index in [9.17, 15) is 9.90 Å². The van der Waals surface area contributed by atoms with Gasteiger partial charge < -0.3 is 5.11 Å². The standard InChI is InChI=1S/C22H22N2O2/c1-15-7-9-18(10-8-15)14-24-17(3)21(16(2)23-24)11-12-22(26)19-5-4-6-20(25)13-19/h4-13,25H,14H2,1-3H3/b12-11+. The van der Waals surface area contributed by atoms with Gasteiger partial charge in [-0.1, -0.05) is 42.0 Å². The third-order valence-corrected chi connectivity index (χ3v) is 4.42. The Hall–Kier alpha value is -3.14. The van der Waals surface area contributed by atoms with Gasteiger partial charge in [0.05, 0.1) is 12.2 Å². The number of rotatable bonds is 5. The van der Waals surface area contributed by atoms with Crippen molar-refractivity contribution in [1.82, 2.24) is 9.78 Å². The summed E-state index contributed by atoms with van der Waals surface area (Å²) in [6.45, 7) is 6.71. The summed E-state index contributed by atoms with van der Waals surface area (Å²) in [7, 11) is 0. The van der Waals surface area contributed by atoms with E-state index in [1.165, 1.54) is 23.3 Å². The number of ketones is 1. The lowest BCUT2D eigenvalue weighted by Crippen LogP contribution is -2.04. The predicted octanol–water partition coefficient (Wildman–Crippen LogP) is 4.46. The van der Waals surface area contributed by atoms with Crippen LogP contribution in [-0.2, 0) is 6.54 Å². The van der Waals surface area contributed by atoms with Gasteiger partial charge in [0.2, 0.25) is 0 Å². The Balaban J connectivity index is 1.81. The molecule has 0 saturated carbocycles. The summed E-state index contributed by atoms with van der Waals surface area (Å²) in [5.41, 5.74) is 5.73. The zero-order chi connectivity index (χ0) is 18.7. The van der Waals surface area contributed by atoms with Crippen molar-refractivity contribution in [2.24, 2.45) is 0 Å². The van der Waals surface area contributed by atoms with Crippen LogP contribution in [0.5, 0.6) is 5.75 Å². The molecule has 3 rings (SSSR count).